The quantitative estimate of drug-likeness (QED) is 0.129. The maximum absolute atomic E-state index is 10.6. The molecule has 1 unspecified atom stereocenters. The summed E-state index contributed by atoms with van der Waals surface area (Å²) in [5.41, 5.74) is 4.78. The molecule has 0 aromatic heterocycles. The number of hydrogen-bond acceptors (Lipinski definition) is 6. The van der Waals surface area contributed by atoms with Crippen molar-refractivity contribution in [3.05, 3.63) is 0 Å². The SMILES string of the molecule is CCCCCCCCCCCCCCCCOC(CO)COP(=O)(O)O.NCCO. The molecule has 0 amide bonds. The smallest absolute Gasteiger partial charge is 0.395 e. The van der Waals surface area contributed by atoms with Crippen LogP contribution in [0.25, 0.3) is 0 Å². The average Bonchev–Trinajstić information content (AvgIpc) is 2.72. The Hall–Kier alpha value is -0.0500. The second-order valence-electron chi connectivity index (χ2n) is 7.57. The van der Waals surface area contributed by atoms with Crippen LogP contribution in [0, 0.1) is 0 Å². The van der Waals surface area contributed by atoms with Crippen LogP contribution in [0.3, 0.4) is 0 Å². The van der Waals surface area contributed by atoms with E-state index in [1.165, 1.54) is 77.0 Å². The molecule has 184 valence electrons. The first-order valence-corrected chi connectivity index (χ1v) is 13.2. The number of phosphoric ester groups is 1. The summed E-state index contributed by atoms with van der Waals surface area (Å²) in [5.74, 6) is 0. The highest BCUT2D eigenvalue weighted by molar-refractivity contribution is 7.46. The van der Waals surface area contributed by atoms with Crippen LogP contribution in [0.15, 0.2) is 0 Å². The van der Waals surface area contributed by atoms with E-state index in [9.17, 15) is 4.57 Å². The topological polar surface area (TPSA) is 142 Å². The predicted octanol–water partition coefficient (Wildman–Crippen LogP) is 3.89. The molecule has 6 N–H and O–H groups in total. The minimum Gasteiger partial charge on any atom is -0.395 e. The summed E-state index contributed by atoms with van der Waals surface area (Å²) in [6, 6.07) is 0. The van der Waals surface area contributed by atoms with E-state index in [0.29, 0.717) is 13.2 Å². The third-order valence-electron chi connectivity index (χ3n) is 4.61. The van der Waals surface area contributed by atoms with Crippen molar-refractivity contribution in [1.29, 1.82) is 0 Å². The summed E-state index contributed by atoms with van der Waals surface area (Å²) < 4.78 is 20.3. The number of unbranched alkanes of at least 4 members (excludes halogenated alkanes) is 13. The molecule has 0 aliphatic carbocycles. The molecule has 0 rings (SSSR count). The highest BCUT2D eigenvalue weighted by Crippen LogP contribution is 2.35. The summed E-state index contributed by atoms with van der Waals surface area (Å²) in [7, 11) is -4.50. The molecule has 0 heterocycles. The van der Waals surface area contributed by atoms with E-state index < -0.39 is 13.9 Å². The fraction of sp³-hybridized carbons (Fsp3) is 1.00. The minimum absolute atomic E-state index is 0.0972. The van der Waals surface area contributed by atoms with Gasteiger partial charge < -0.3 is 30.5 Å². The molecule has 8 nitrogen and oxygen atoms in total. The molecule has 30 heavy (non-hydrogen) atoms. The fourth-order valence-corrected chi connectivity index (χ4v) is 3.24. The summed E-state index contributed by atoms with van der Waals surface area (Å²) in [4.78, 5) is 17.2. The summed E-state index contributed by atoms with van der Waals surface area (Å²) in [6.07, 6.45) is 17.4. The van der Waals surface area contributed by atoms with E-state index in [2.05, 4.69) is 11.4 Å². The Morgan fingerprint density at radius 2 is 1.20 bits per heavy atom. The van der Waals surface area contributed by atoms with Crippen molar-refractivity contribution < 1.29 is 33.8 Å². The van der Waals surface area contributed by atoms with E-state index >= 15 is 0 Å². The molecule has 0 saturated heterocycles. The Bertz CT molecular complexity index is 367. The summed E-state index contributed by atoms with van der Waals surface area (Å²) in [5, 5.41) is 16.8. The molecule has 0 spiro atoms. The lowest BCUT2D eigenvalue weighted by molar-refractivity contribution is -0.0205. The van der Waals surface area contributed by atoms with Gasteiger partial charge in [0.15, 0.2) is 0 Å². The number of ether oxygens (including phenoxy) is 1. The lowest BCUT2D eigenvalue weighted by Gasteiger charge is -2.15. The van der Waals surface area contributed by atoms with Crippen molar-refractivity contribution in [2.24, 2.45) is 5.73 Å². The molecule has 0 aromatic rings. The van der Waals surface area contributed by atoms with Crippen LogP contribution < -0.4 is 5.73 Å². The van der Waals surface area contributed by atoms with Gasteiger partial charge in [-0.15, -0.1) is 0 Å². The number of nitrogens with two attached hydrogens (primary N) is 1. The standard InChI is InChI=1S/C19H41O6P.C2H7NO/c1-2-3-4-5-6-7-8-9-10-11-12-13-14-15-16-24-19(17-20)18-25-26(21,22)23;3-1-2-4/h19-20H,2-18H2,1H3,(H2,21,22,23);4H,1-3H2. The Morgan fingerprint density at radius 1 is 0.800 bits per heavy atom. The number of aliphatic hydroxyl groups is 2. The zero-order valence-electron chi connectivity index (χ0n) is 19.1. The second kappa shape index (κ2) is 25.2. The number of phosphoric acid groups is 1. The third kappa shape index (κ3) is 30.1. The highest BCUT2D eigenvalue weighted by Gasteiger charge is 2.18. The van der Waals surface area contributed by atoms with Gasteiger partial charge in [0.1, 0.15) is 6.10 Å². The van der Waals surface area contributed by atoms with Crippen molar-refractivity contribution >= 4 is 7.82 Å². The first kappa shape index (κ1) is 32.1. The van der Waals surface area contributed by atoms with Crippen LogP contribution in [0.4, 0.5) is 0 Å². The Balaban J connectivity index is 0. The van der Waals surface area contributed by atoms with Crippen LogP contribution in [0.2, 0.25) is 0 Å². The van der Waals surface area contributed by atoms with E-state index in [1.54, 1.807) is 0 Å². The molecule has 0 fully saturated rings. The van der Waals surface area contributed by atoms with Crippen LogP contribution in [0.5, 0.6) is 0 Å². The molecule has 9 heteroatoms. The van der Waals surface area contributed by atoms with E-state index in [0.717, 1.165) is 12.8 Å². The van der Waals surface area contributed by atoms with Crippen molar-refractivity contribution in [3.63, 3.8) is 0 Å². The van der Waals surface area contributed by atoms with Gasteiger partial charge in [-0.25, -0.2) is 4.57 Å². The van der Waals surface area contributed by atoms with Crippen LogP contribution >= 0.6 is 7.82 Å². The Kier molecular flexibility index (Phi) is 27.0. The first-order valence-electron chi connectivity index (χ1n) is 11.6. The maximum atomic E-state index is 10.6. The lowest BCUT2D eigenvalue weighted by Crippen LogP contribution is -2.24. The van der Waals surface area contributed by atoms with Gasteiger partial charge in [-0.05, 0) is 6.42 Å². The zero-order chi connectivity index (χ0) is 22.9. The van der Waals surface area contributed by atoms with Crippen molar-refractivity contribution in [2.75, 3.05) is 33.0 Å². The minimum atomic E-state index is -4.50. The van der Waals surface area contributed by atoms with Crippen molar-refractivity contribution in [1.82, 2.24) is 0 Å². The van der Waals surface area contributed by atoms with Crippen molar-refractivity contribution in [3.8, 4) is 0 Å². The van der Waals surface area contributed by atoms with Crippen LogP contribution in [-0.4, -0.2) is 59.1 Å². The van der Waals surface area contributed by atoms with Gasteiger partial charge in [-0.2, -0.15) is 0 Å². The maximum Gasteiger partial charge on any atom is 0.469 e. The molecule has 0 saturated carbocycles. The highest BCUT2D eigenvalue weighted by atomic mass is 31.2. The number of aliphatic hydroxyl groups excluding tert-OH is 2. The zero-order valence-corrected chi connectivity index (χ0v) is 19.9. The molecular weight excluding hydrogens is 409 g/mol. The van der Waals surface area contributed by atoms with Gasteiger partial charge in [0.2, 0.25) is 0 Å². The van der Waals surface area contributed by atoms with Gasteiger partial charge in [0.25, 0.3) is 0 Å². The fourth-order valence-electron chi connectivity index (χ4n) is 2.88. The van der Waals surface area contributed by atoms with Crippen molar-refractivity contribution in [2.45, 2.75) is 103 Å². The Labute approximate surface area is 183 Å². The van der Waals surface area contributed by atoms with E-state index in [4.69, 9.17) is 30.5 Å². The molecule has 0 aliphatic heterocycles. The third-order valence-corrected chi connectivity index (χ3v) is 5.10. The molecular formula is C21H48NO7P. The van der Waals surface area contributed by atoms with Crippen LogP contribution in [-0.2, 0) is 13.8 Å². The van der Waals surface area contributed by atoms with Gasteiger partial charge in [0.05, 0.1) is 19.8 Å². The molecule has 0 aliphatic rings. The molecule has 0 radical (unpaired) electrons. The summed E-state index contributed by atoms with van der Waals surface area (Å²) >= 11 is 0. The van der Waals surface area contributed by atoms with Gasteiger partial charge in [-0.1, -0.05) is 90.4 Å². The monoisotopic (exact) mass is 457 g/mol. The molecule has 1 atom stereocenters. The largest absolute Gasteiger partial charge is 0.469 e. The summed E-state index contributed by atoms with van der Waals surface area (Å²) in [6.45, 7) is 2.61. The van der Waals surface area contributed by atoms with Crippen LogP contribution in [0.1, 0.15) is 96.8 Å². The molecule has 0 bridgehead atoms. The number of rotatable bonds is 21. The average molecular weight is 458 g/mol. The van der Waals surface area contributed by atoms with Gasteiger partial charge >= 0.3 is 7.82 Å². The van der Waals surface area contributed by atoms with E-state index in [-0.39, 0.29) is 19.8 Å². The normalized spacial score (nSPS) is 12.5. The lowest BCUT2D eigenvalue weighted by atomic mass is 10.0. The van der Waals surface area contributed by atoms with E-state index in [1.807, 2.05) is 0 Å². The Morgan fingerprint density at radius 3 is 1.53 bits per heavy atom. The van der Waals surface area contributed by atoms with Gasteiger partial charge in [-0.3, -0.25) is 4.52 Å². The molecule has 0 aromatic carbocycles. The second-order valence-corrected chi connectivity index (χ2v) is 8.81. The van der Waals surface area contributed by atoms with Gasteiger partial charge in [0, 0.05) is 13.2 Å². The predicted molar refractivity (Wildman–Crippen MR) is 121 cm³/mol. The number of hydrogen-bond donors (Lipinski definition) is 5. The first-order chi connectivity index (χ1) is 14.4.